The summed E-state index contributed by atoms with van der Waals surface area (Å²) in [5.74, 6) is 1.09. The predicted octanol–water partition coefficient (Wildman–Crippen LogP) is 2.98. The molecule has 7 nitrogen and oxygen atoms in total. The Morgan fingerprint density at radius 2 is 1.84 bits per heavy atom. The Bertz CT molecular complexity index is 878. The molecule has 3 aromatic rings. The minimum absolute atomic E-state index is 0.180. The van der Waals surface area contributed by atoms with Gasteiger partial charge in [-0.1, -0.05) is 6.07 Å². The van der Waals surface area contributed by atoms with Gasteiger partial charge in [0.2, 0.25) is 11.5 Å². The molecule has 8 heteroatoms. The number of benzene rings is 1. The highest BCUT2D eigenvalue weighted by Crippen LogP contribution is 2.39. The SMILES string of the molecule is COc1cc(C(=O)c2nc(N)[nH]c2-c2cccs2)cc(OC)c1OC. The summed E-state index contributed by atoms with van der Waals surface area (Å²) in [5, 5.41) is 1.92. The Morgan fingerprint density at radius 3 is 2.36 bits per heavy atom. The fourth-order valence-electron chi connectivity index (χ4n) is 2.50. The molecule has 25 heavy (non-hydrogen) atoms. The molecular weight excluding hydrogens is 342 g/mol. The molecule has 0 amide bonds. The lowest BCUT2D eigenvalue weighted by Gasteiger charge is -2.13. The van der Waals surface area contributed by atoms with Crippen LogP contribution in [0.4, 0.5) is 5.95 Å². The number of nitrogens with two attached hydrogens (primary N) is 1. The fourth-order valence-corrected chi connectivity index (χ4v) is 3.23. The summed E-state index contributed by atoms with van der Waals surface area (Å²) in [4.78, 5) is 21.0. The number of nitrogens with zero attached hydrogens (tertiary/aromatic N) is 1. The average molecular weight is 359 g/mol. The van der Waals surface area contributed by atoms with Crippen molar-refractivity contribution in [2.24, 2.45) is 0 Å². The number of H-pyrrole nitrogens is 1. The summed E-state index contributed by atoms with van der Waals surface area (Å²) in [6, 6.07) is 6.97. The van der Waals surface area contributed by atoms with Crippen LogP contribution < -0.4 is 19.9 Å². The number of hydrogen-bond donors (Lipinski definition) is 2. The van der Waals surface area contributed by atoms with Gasteiger partial charge in [-0.2, -0.15) is 0 Å². The van der Waals surface area contributed by atoms with Gasteiger partial charge in [0.05, 0.1) is 31.9 Å². The second-order valence-electron chi connectivity index (χ2n) is 5.07. The number of aromatic amines is 1. The Labute approximate surface area is 148 Å². The number of thiophene rings is 1. The largest absolute Gasteiger partial charge is 0.493 e. The number of ether oxygens (including phenoxy) is 3. The zero-order valence-electron chi connectivity index (χ0n) is 14.0. The third-order valence-corrected chi connectivity index (χ3v) is 4.52. The Morgan fingerprint density at radius 1 is 1.16 bits per heavy atom. The molecule has 0 bridgehead atoms. The monoisotopic (exact) mass is 359 g/mol. The molecule has 2 heterocycles. The predicted molar refractivity (Wildman–Crippen MR) is 95.8 cm³/mol. The maximum atomic E-state index is 13.0. The van der Waals surface area contributed by atoms with Crippen LogP contribution in [0.2, 0.25) is 0 Å². The van der Waals surface area contributed by atoms with E-state index >= 15 is 0 Å². The zero-order valence-corrected chi connectivity index (χ0v) is 14.8. The molecule has 0 saturated carbocycles. The van der Waals surface area contributed by atoms with E-state index in [0.717, 1.165) is 4.88 Å². The minimum Gasteiger partial charge on any atom is -0.493 e. The first-order valence-corrected chi connectivity index (χ1v) is 8.21. The molecule has 2 aromatic heterocycles. The zero-order chi connectivity index (χ0) is 18.0. The summed E-state index contributed by atoms with van der Waals surface area (Å²) >= 11 is 1.49. The Hall–Kier alpha value is -3.00. The number of carbonyl (C=O) groups excluding carboxylic acids is 1. The first-order valence-electron chi connectivity index (χ1n) is 7.33. The number of rotatable bonds is 6. The first kappa shape index (κ1) is 16.8. The van der Waals surface area contributed by atoms with Crippen LogP contribution in [-0.4, -0.2) is 37.1 Å². The molecule has 1 aromatic carbocycles. The van der Waals surface area contributed by atoms with Crippen molar-refractivity contribution in [2.45, 2.75) is 0 Å². The van der Waals surface area contributed by atoms with Crippen molar-refractivity contribution in [3.63, 3.8) is 0 Å². The van der Waals surface area contributed by atoms with Crippen molar-refractivity contribution in [1.82, 2.24) is 9.97 Å². The van der Waals surface area contributed by atoms with Gasteiger partial charge < -0.3 is 24.9 Å². The molecule has 3 rings (SSSR count). The van der Waals surface area contributed by atoms with Crippen LogP contribution in [-0.2, 0) is 0 Å². The van der Waals surface area contributed by atoms with E-state index in [1.54, 1.807) is 12.1 Å². The third-order valence-electron chi connectivity index (χ3n) is 3.63. The smallest absolute Gasteiger partial charge is 0.213 e. The molecule has 0 aliphatic carbocycles. The molecule has 0 aliphatic rings. The number of methoxy groups -OCH3 is 3. The van der Waals surface area contributed by atoms with Crippen LogP contribution in [0.1, 0.15) is 16.1 Å². The fraction of sp³-hybridized carbons (Fsp3) is 0.176. The average Bonchev–Trinajstić information content (AvgIpc) is 3.28. The molecule has 3 N–H and O–H groups in total. The standard InChI is InChI=1S/C17H17N3O4S/c1-22-10-7-9(8-11(23-2)16(10)24-3)15(21)14-13(19-17(18)20-14)12-5-4-6-25-12/h4-8H,1-3H3,(H3,18,19,20). The molecule has 0 saturated heterocycles. The third kappa shape index (κ3) is 3.03. The number of aromatic nitrogens is 2. The summed E-state index contributed by atoms with van der Waals surface area (Å²) in [6.45, 7) is 0. The maximum absolute atomic E-state index is 13.0. The Kier molecular flexibility index (Phi) is 4.62. The van der Waals surface area contributed by atoms with Crippen LogP contribution in [0.3, 0.4) is 0 Å². The van der Waals surface area contributed by atoms with Gasteiger partial charge in [-0.05, 0) is 23.6 Å². The van der Waals surface area contributed by atoms with E-state index in [1.807, 2.05) is 17.5 Å². The lowest BCUT2D eigenvalue weighted by Crippen LogP contribution is -2.06. The first-order chi connectivity index (χ1) is 12.1. The number of hydrogen-bond acceptors (Lipinski definition) is 7. The quantitative estimate of drug-likeness (QED) is 0.657. The van der Waals surface area contributed by atoms with Crippen molar-refractivity contribution >= 4 is 23.1 Å². The van der Waals surface area contributed by atoms with Crippen molar-refractivity contribution < 1.29 is 19.0 Å². The highest BCUT2D eigenvalue weighted by molar-refractivity contribution is 7.13. The van der Waals surface area contributed by atoms with Crippen molar-refractivity contribution in [3.8, 4) is 27.8 Å². The molecule has 0 aliphatic heterocycles. The van der Waals surface area contributed by atoms with E-state index in [9.17, 15) is 4.79 Å². The normalized spacial score (nSPS) is 10.5. The molecule has 0 spiro atoms. The summed E-state index contributed by atoms with van der Waals surface area (Å²) < 4.78 is 15.9. The second-order valence-corrected chi connectivity index (χ2v) is 6.01. The topological polar surface area (TPSA) is 99.5 Å². The van der Waals surface area contributed by atoms with Gasteiger partial charge in [0.25, 0.3) is 0 Å². The van der Waals surface area contributed by atoms with Gasteiger partial charge in [0, 0.05) is 5.56 Å². The van der Waals surface area contributed by atoms with Gasteiger partial charge in [-0.3, -0.25) is 4.79 Å². The van der Waals surface area contributed by atoms with Gasteiger partial charge in [0.1, 0.15) is 5.69 Å². The van der Waals surface area contributed by atoms with Gasteiger partial charge in [-0.15, -0.1) is 11.3 Å². The molecule has 130 valence electrons. The van der Waals surface area contributed by atoms with E-state index in [2.05, 4.69) is 9.97 Å². The number of nitrogens with one attached hydrogen (secondary N) is 1. The van der Waals surface area contributed by atoms with Crippen LogP contribution in [0.15, 0.2) is 29.6 Å². The highest BCUT2D eigenvalue weighted by atomic mass is 32.1. The number of anilines is 1. The van der Waals surface area contributed by atoms with Crippen molar-refractivity contribution in [1.29, 1.82) is 0 Å². The number of carbonyl (C=O) groups is 1. The van der Waals surface area contributed by atoms with Crippen molar-refractivity contribution in [3.05, 3.63) is 40.9 Å². The van der Waals surface area contributed by atoms with E-state index < -0.39 is 0 Å². The maximum Gasteiger partial charge on any atom is 0.213 e. The van der Waals surface area contributed by atoms with Crippen LogP contribution in [0.25, 0.3) is 10.6 Å². The van der Waals surface area contributed by atoms with Crippen molar-refractivity contribution in [2.75, 3.05) is 27.1 Å². The number of imidazole rings is 1. The molecule has 0 atom stereocenters. The second kappa shape index (κ2) is 6.86. The van der Waals surface area contributed by atoms with Gasteiger partial charge in [-0.25, -0.2) is 4.98 Å². The van der Waals surface area contributed by atoms with Crippen LogP contribution >= 0.6 is 11.3 Å². The number of nitrogen functional groups attached to an aromatic ring is 1. The lowest BCUT2D eigenvalue weighted by molar-refractivity contribution is 0.103. The van der Waals surface area contributed by atoms with Crippen LogP contribution in [0, 0.1) is 0 Å². The molecule has 0 fully saturated rings. The molecule has 0 unspecified atom stereocenters. The van der Waals surface area contributed by atoms with E-state index in [0.29, 0.717) is 28.5 Å². The molecular formula is C17H17N3O4S. The van der Waals surface area contributed by atoms with E-state index in [1.165, 1.54) is 32.7 Å². The highest BCUT2D eigenvalue weighted by Gasteiger charge is 2.23. The van der Waals surface area contributed by atoms with E-state index in [-0.39, 0.29) is 17.4 Å². The molecule has 0 radical (unpaired) electrons. The summed E-state index contributed by atoms with van der Waals surface area (Å²) in [7, 11) is 4.50. The lowest BCUT2D eigenvalue weighted by atomic mass is 10.0. The van der Waals surface area contributed by atoms with Gasteiger partial charge in [0.15, 0.2) is 17.4 Å². The number of ketones is 1. The minimum atomic E-state index is -0.296. The van der Waals surface area contributed by atoms with Gasteiger partial charge >= 0.3 is 0 Å². The summed E-state index contributed by atoms with van der Waals surface area (Å²) in [5.41, 5.74) is 6.97. The Balaban J connectivity index is 2.11. The van der Waals surface area contributed by atoms with E-state index in [4.69, 9.17) is 19.9 Å². The summed E-state index contributed by atoms with van der Waals surface area (Å²) in [6.07, 6.45) is 0. The van der Waals surface area contributed by atoms with Crippen LogP contribution in [0.5, 0.6) is 17.2 Å².